The maximum atomic E-state index is 3.96. The second-order valence-corrected chi connectivity index (χ2v) is 5.24. The average Bonchev–Trinajstić information content (AvgIpc) is 2.40. The van der Waals surface area contributed by atoms with Crippen LogP contribution in [0.4, 0.5) is 0 Å². The van der Waals surface area contributed by atoms with Crippen molar-refractivity contribution in [3.05, 3.63) is 59.4 Å². The first-order valence-corrected chi connectivity index (χ1v) is 6.73. The molecule has 3 nitrogen and oxygen atoms in total. The summed E-state index contributed by atoms with van der Waals surface area (Å²) >= 11 is 0. The summed E-state index contributed by atoms with van der Waals surface area (Å²) in [6.07, 6.45) is 4.66. The Balaban J connectivity index is 2.28. The van der Waals surface area contributed by atoms with E-state index in [-0.39, 0.29) is 6.04 Å². The summed E-state index contributed by atoms with van der Waals surface area (Å²) < 4.78 is 0. The minimum atomic E-state index is 0.169. The molecule has 0 saturated carbocycles. The third-order valence-corrected chi connectivity index (χ3v) is 3.16. The molecule has 0 fully saturated rings. The Kier molecular flexibility index (Phi) is 4.63. The summed E-state index contributed by atoms with van der Waals surface area (Å²) in [7, 11) is 1.97. The molecule has 1 aromatic heterocycles. The first-order chi connectivity index (χ1) is 9.20. The van der Waals surface area contributed by atoms with Gasteiger partial charge in [-0.25, -0.2) is 0 Å². The van der Waals surface area contributed by atoms with Gasteiger partial charge in [-0.15, -0.1) is 0 Å². The van der Waals surface area contributed by atoms with E-state index in [4.69, 9.17) is 0 Å². The predicted molar refractivity (Wildman–Crippen MR) is 77.9 cm³/mol. The van der Waals surface area contributed by atoms with Gasteiger partial charge in [-0.3, -0.25) is 0 Å². The van der Waals surface area contributed by atoms with Gasteiger partial charge < -0.3 is 5.32 Å². The molecule has 0 spiro atoms. The summed E-state index contributed by atoms with van der Waals surface area (Å²) in [4.78, 5) is 0. The van der Waals surface area contributed by atoms with Gasteiger partial charge in [0.1, 0.15) is 0 Å². The Labute approximate surface area is 115 Å². The average molecular weight is 255 g/mol. The van der Waals surface area contributed by atoms with E-state index < -0.39 is 0 Å². The van der Waals surface area contributed by atoms with Crippen LogP contribution in [0, 0.1) is 5.92 Å². The zero-order valence-electron chi connectivity index (χ0n) is 11.8. The third-order valence-electron chi connectivity index (χ3n) is 3.16. The van der Waals surface area contributed by atoms with Crippen molar-refractivity contribution in [2.45, 2.75) is 26.3 Å². The van der Waals surface area contributed by atoms with Crippen LogP contribution in [0.5, 0.6) is 0 Å². The Bertz CT molecular complexity index is 508. The highest BCUT2D eigenvalue weighted by Gasteiger charge is 2.12. The molecule has 1 atom stereocenters. The fraction of sp³-hybridized carbons (Fsp3) is 0.375. The second-order valence-electron chi connectivity index (χ2n) is 5.24. The Morgan fingerprint density at radius 1 is 1.11 bits per heavy atom. The van der Waals surface area contributed by atoms with E-state index in [1.165, 1.54) is 11.1 Å². The zero-order valence-corrected chi connectivity index (χ0v) is 11.8. The molecule has 0 aliphatic heterocycles. The van der Waals surface area contributed by atoms with Crippen molar-refractivity contribution in [2.75, 3.05) is 7.05 Å². The van der Waals surface area contributed by atoms with E-state index in [1.807, 2.05) is 19.3 Å². The lowest BCUT2D eigenvalue weighted by Crippen LogP contribution is -2.18. The molecule has 0 aliphatic rings. The number of rotatable bonds is 5. The van der Waals surface area contributed by atoms with Crippen LogP contribution in [-0.4, -0.2) is 17.2 Å². The monoisotopic (exact) mass is 255 g/mol. The van der Waals surface area contributed by atoms with Crippen LogP contribution in [0.25, 0.3) is 0 Å². The molecule has 0 saturated heterocycles. The van der Waals surface area contributed by atoms with Gasteiger partial charge in [-0.05, 0) is 42.1 Å². The van der Waals surface area contributed by atoms with E-state index >= 15 is 0 Å². The Morgan fingerprint density at radius 3 is 2.58 bits per heavy atom. The normalized spacial score (nSPS) is 12.6. The molecule has 0 aliphatic carbocycles. The van der Waals surface area contributed by atoms with Crippen LogP contribution >= 0.6 is 0 Å². The summed E-state index contributed by atoms with van der Waals surface area (Å²) in [6, 6.07) is 10.9. The molecule has 1 N–H and O–H groups in total. The molecule has 3 heteroatoms. The number of hydrogen-bond acceptors (Lipinski definition) is 3. The number of hydrogen-bond donors (Lipinski definition) is 1. The first-order valence-electron chi connectivity index (χ1n) is 6.73. The fourth-order valence-electron chi connectivity index (χ4n) is 2.37. The van der Waals surface area contributed by atoms with Crippen molar-refractivity contribution in [1.82, 2.24) is 15.5 Å². The summed E-state index contributed by atoms with van der Waals surface area (Å²) in [6.45, 7) is 4.49. The van der Waals surface area contributed by atoms with Crippen LogP contribution in [-0.2, 0) is 6.42 Å². The lowest BCUT2D eigenvalue weighted by molar-refractivity contribution is 0.642. The number of nitrogens with one attached hydrogen (secondary N) is 1. The molecule has 2 aromatic rings. The van der Waals surface area contributed by atoms with Crippen LogP contribution in [0.3, 0.4) is 0 Å². The molecule has 1 unspecified atom stereocenters. The van der Waals surface area contributed by atoms with Gasteiger partial charge in [0, 0.05) is 6.20 Å². The number of aromatic nitrogens is 2. The lowest BCUT2D eigenvalue weighted by atomic mass is 9.95. The number of nitrogens with zero attached hydrogens (tertiary/aromatic N) is 2. The van der Waals surface area contributed by atoms with Crippen LogP contribution in [0.15, 0.2) is 42.7 Å². The van der Waals surface area contributed by atoms with E-state index in [9.17, 15) is 0 Å². The Hall–Kier alpha value is -1.74. The predicted octanol–water partition coefficient (Wildman–Crippen LogP) is 2.98. The molecule has 0 radical (unpaired) electrons. The second kappa shape index (κ2) is 6.43. The highest BCUT2D eigenvalue weighted by molar-refractivity contribution is 5.32. The SMILES string of the molecule is CNC(c1ccnnc1)c1cccc(CC(C)C)c1. The first kappa shape index (κ1) is 13.7. The van der Waals surface area contributed by atoms with E-state index in [2.05, 4.69) is 53.6 Å². The van der Waals surface area contributed by atoms with Gasteiger partial charge >= 0.3 is 0 Å². The van der Waals surface area contributed by atoms with Crippen molar-refractivity contribution >= 4 is 0 Å². The highest BCUT2D eigenvalue weighted by Crippen LogP contribution is 2.22. The van der Waals surface area contributed by atoms with Crippen molar-refractivity contribution in [2.24, 2.45) is 5.92 Å². The molecule has 2 rings (SSSR count). The smallest absolute Gasteiger partial charge is 0.0590 e. The quantitative estimate of drug-likeness (QED) is 0.892. The van der Waals surface area contributed by atoms with Gasteiger partial charge in [0.05, 0.1) is 12.2 Å². The molecule has 100 valence electrons. The lowest BCUT2D eigenvalue weighted by Gasteiger charge is -2.17. The molecule has 1 heterocycles. The van der Waals surface area contributed by atoms with Crippen LogP contribution in [0.1, 0.15) is 36.6 Å². The summed E-state index contributed by atoms with van der Waals surface area (Å²) in [5, 5.41) is 11.1. The molecule has 1 aromatic carbocycles. The van der Waals surface area contributed by atoms with Gasteiger partial charge in [0.15, 0.2) is 0 Å². The van der Waals surface area contributed by atoms with Crippen molar-refractivity contribution in [3.8, 4) is 0 Å². The van der Waals surface area contributed by atoms with Crippen molar-refractivity contribution in [1.29, 1.82) is 0 Å². The molecular formula is C16H21N3. The van der Waals surface area contributed by atoms with Crippen molar-refractivity contribution in [3.63, 3.8) is 0 Å². The van der Waals surface area contributed by atoms with Crippen LogP contribution in [0.2, 0.25) is 0 Å². The van der Waals surface area contributed by atoms with Crippen LogP contribution < -0.4 is 5.32 Å². The molecule has 0 amide bonds. The molecular weight excluding hydrogens is 234 g/mol. The topological polar surface area (TPSA) is 37.8 Å². The minimum absolute atomic E-state index is 0.169. The number of benzene rings is 1. The van der Waals surface area contributed by atoms with E-state index in [0.717, 1.165) is 12.0 Å². The van der Waals surface area contributed by atoms with Gasteiger partial charge in [-0.1, -0.05) is 38.1 Å². The standard InChI is InChI=1S/C16H21N3/c1-12(2)9-13-5-4-6-14(10-13)16(17-3)15-7-8-18-19-11-15/h4-8,10-12,16-17H,9H2,1-3H3. The van der Waals surface area contributed by atoms with Gasteiger partial charge in [-0.2, -0.15) is 10.2 Å². The third kappa shape index (κ3) is 3.61. The van der Waals surface area contributed by atoms with Gasteiger partial charge in [0.25, 0.3) is 0 Å². The maximum absolute atomic E-state index is 3.96. The summed E-state index contributed by atoms with van der Waals surface area (Å²) in [5.41, 5.74) is 3.79. The summed E-state index contributed by atoms with van der Waals surface area (Å²) in [5.74, 6) is 0.672. The Morgan fingerprint density at radius 2 is 1.95 bits per heavy atom. The van der Waals surface area contributed by atoms with Gasteiger partial charge in [0.2, 0.25) is 0 Å². The van der Waals surface area contributed by atoms with E-state index in [1.54, 1.807) is 6.20 Å². The fourth-order valence-corrected chi connectivity index (χ4v) is 2.37. The van der Waals surface area contributed by atoms with Crippen molar-refractivity contribution < 1.29 is 0 Å². The minimum Gasteiger partial charge on any atom is -0.309 e. The molecule has 19 heavy (non-hydrogen) atoms. The highest BCUT2D eigenvalue weighted by atomic mass is 15.1. The van der Waals surface area contributed by atoms with E-state index in [0.29, 0.717) is 5.92 Å². The maximum Gasteiger partial charge on any atom is 0.0590 e. The molecule has 0 bridgehead atoms. The zero-order chi connectivity index (χ0) is 13.7. The largest absolute Gasteiger partial charge is 0.309 e.